The van der Waals surface area contributed by atoms with E-state index in [1.54, 1.807) is 0 Å². The van der Waals surface area contributed by atoms with Crippen molar-refractivity contribution in [2.24, 2.45) is 17.2 Å². The highest BCUT2D eigenvalue weighted by Crippen LogP contribution is 2.15. The maximum Gasteiger partial charge on any atom is 0.0422 e. The summed E-state index contributed by atoms with van der Waals surface area (Å²) in [6.45, 7) is 1.12. The zero-order valence-corrected chi connectivity index (χ0v) is 7.74. The molecule has 72 valence electrons. The largest absolute Gasteiger partial charge is 0.330 e. The first-order valence-electron chi connectivity index (χ1n) is 4.53. The van der Waals surface area contributed by atoms with E-state index in [0.717, 1.165) is 12.0 Å². The van der Waals surface area contributed by atoms with Crippen LogP contribution in [-0.4, -0.2) is 13.1 Å². The van der Waals surface area contributed by atoms with Crippen molar-refractivity contribution < 1.29 is 0 Å². The Morgan fingerprint density at radius 1 is 1.15 bits per heavy atom. The van der Waals surface area contributed by atoms with Gasteiger partial charge in [0.05, 0.1) is 0 Å². The van der Waals surface area contributed by atoms with Gasteiger partial charge in [0.2, 0.25) is 0 Å². The summed E-state index contributed by atoms with van der Waals surface area (Å²) < 4.78 is 0. The van der Waals surface area contributed by atoms with Crippen LogP contribution in [0.25, 0.3) is 0 Å². The van der Waals surface area contributed by atoms with Gasteiger partial charge in [0.1, 0.15) is 0 Å². The Labute approximate surface area is 78.9 Å². The minimum absolute atomic E-state index is 0.0669. The van der Waals surface area contributed by atoms with Gasteiger partial charge in [0, 0.05) is 12.6 Å². The first kappa shape index (κ1) is 10.2. The third kappa shape index (κ3) is 2.52. The predicted molar refractivity (Wildman–Crippen MR) is 55.2 cm³/mol. The summed E-state index contributed by atoms with van der Waals surface area (Å²) >= 11 is 0. The molecule has 0 aromatic heterocycles. The molecule has 0 aliphatic heterocycles. The first-order chi connectivity index (χ1) is 6.29. The van der Waals surface area contributed by atoms with Crippen LogP contribution in [-0.2, 0) is 6.42 Å². The Bertz CT molecular complexity index is 260. The summed E-state index contributed by atoms with van der Waals surface area (Å²) in [5, 5.41) is 0. The first-order valence-corrected chi connectivity index (χ1v) is 4.53. The van der Waals surface area contributed by atoms with Crippen molar-refractivity contribution in [2.45, 2.75) is 12.5 Å². The maximum atomic E-state index is 5.86. The lowest BCUT2D eigenvalue weighted by Gasteiger charge is -2.13. The minimum Gasteiger partial charge on any atom is -0.330 e. The number of benzene rings is 1. The Hall–Kier alpha value is -0.900. The van der Waals surface area contributed by atoms with Crippen molar-refractivity contribution in [1.82, 2.24) is 0 Å². The zero-order chi connectivity index (χ0) is 9.68. The average Bonchev–Trinajstić information content (AvgIpc) is 2.18. The van der Waals surface area contributed by atoms with E-state index in [1.165, 1.54) is 5.56 Å². The summed E-state index contributed by atoms with van der Waals surface area (Å²) in [6.07, 6.45) is 0.865. The van der Waals surface area contributed by atoms with Gasteiger partial charge >= 0.3 is 0 Å². The Kier molecular flexibility index (Phi) is 3.89. The van der Waals surface area contributed by atoms with Crippen molar-refractivity contribution in [3.8, 4) is 0 Å². The molecule has 0 aliphatic rings. The van der Waals surface area contributed by atoms with E-state index < -0.39 is 0 Å². The van der Waals surface area contributed by atoms with Gasteiger partial charge in [-0.05, 0) is 24.1 Å². The molecule has 0 fully saturated rings. The quantitative estimate of drug-likeness (QED) is 0.615. The molecule has 0 saturated carbocycles. The van der Waals surface area contributed by atoms with Crippen molar-refractivity contribution in [3.63, 3.8) is 0 Å². The number of hydrogen-bond donors (Lipinski definition) is 3. The Morgan fingerprint density at radius 2 is 1.85 bits per heavy atom. The number of nitrogens with two attached hydrogens (primary N) is 3. The molecule has 3 nitrogen and oxygen atoms in total. The van der Waals surface area contributed by atoms with Crippen LogP contribution in [0, 0.1) is 0 Å². The number of hydrogen-bond acceptors (Lipinski definition) is 3. The van der Waals surface area contributed by atoms with Crippen LogP contribution in [0.2, 0.25) is 0 Å². The summed E-state index contributed by atoms with van der Waals surface area (Å²) in [5.74, 6) is 0. The SMILES string of the molecule is NCCc1ccccc1[C@H](N)CN. The molecule has 0 aliphatic carbocycles. The molecule has 3 heteroatoms. The van der Waals surface area contributed by atoms with Gasteiger partial charge in [0.25, 0.3) is 0 Å². The molecule has 0 radical (unpaired) electrons. The van der Waals surface area contributed by atoms with Gasteiger partial charge in [-0.2, -0.15) is 0 Å². The van der Waals surface area contributed by atoms with Gasteiger partial charge in [-0.1, -0.05) is 24.3 Å². The third-order valence-corrected chi connectivity index (χ3v) is 2.12. The second-order valence-corrected chi connectivity index (χ2v) is 3.08. The van der Waals surface area contributed by atoms with E-state index in [4.69, 9.17) is 17.2 Å². The van der Waals surface area contributed by atoms with Crippen LogP contribution in [0.5, 0.6) is 0 Å². The molecule has 1 aromatic rings. The van der Waals surface area contributed by atoms with Crippen LogP contribution in [0.15, 0.2) is 24.3 Å². The minimum atomic E-state index is -0.0669. The van der Waals surface area contributed by atoms with Crippen LogP contribution in [0.1, 0.15) is 17.2 Å². The molecule has 6 N–H and O–H groups in total. The lowest BCUT2D eigenvalue weighted by molar-refractivity contribution is 0.723. The third-order valence-electron chi connectivity index (χ3n) is 2.12. The highest BCUT2D eigenvalue weighted by atomic mass is 14.7. The molecule has 1 aromatic carbocycles. The predicted octanol–water partition coefficient (Wildman–Crippen LogP) is 0.146. The van der Waals surface area contributed by atoms with Gasteiger partial charge in [-0.25, -0.2) is 0 Å². The average molecular weight is 179 g/mol. The van der Waals surface area contributed by atoms with Gasteiger partial charge in [-0.3, -0.25) is 0 Å². The molecule has 0 unspecified atom stereocenters. The van der Waals surface area contributed by atoms with E-state index in [-0.39, 0.29) is 6.04 Å². The normalized spacial score (nSPS) is 12.8. The molecule has 0 heterocycles. The summed E-state index contributed by atoms with van der Waals surface area (Å²) in [6, 6.07) is 7.98. The second-order valence-electron chi connectivity index (χ2n) is 3.08. The summed E-state index contributed by atoms with van der Waals surface area (Å²) in [7, 11) is 0. The molecule has 0 saturated heterocycles. The van der Waals surface area contributed by atoms with E-state index in [9.17, 15) is 0 Å². The molecule has 0 spiro atoms. The van der Waals surface area contributed by atoms with E-state index in [2.05, 4.69) is 6.07 Å². The fraction of sp³-hybridized carbons (Fsp3) is 0.400. The molecule has 0 amide bonds. The van der Waals surface area contributed by atoms with Gasteiger partial charge in [-0.15, -0.1) is 0 Å². The molecule has 13 heavy (non-hydrogen) atoms. The van der Waals surface area contributed by atoms with Crippen LogP contribution < -0.4 is 17.2 Å². The summed E-state index contributed by atoms with van der Waals surface area (Å²) in [5.41, 5.74) is 19.2. The standard InChI is InChI=1S/C10H17N3/c11-6-5-8-3-1-2-4-9(8)10(13)7-12/h1-4,10H,5-7,11-13H2/t10-/m1/s1. The summed E-state index contributed by atoms with van der Waals surface area (Å²) in [4.78, 5) is 0. The molecular weight excluding hydrogens is 162 g/mol. The zero-order valence-electron chi connectivity index (χ0n) is 7.74. The van der Waals surface area contributed by atoms with Crippen molar-refractivity contribution >= 4 is 0 Å². The molecule has 1 rings (SSSR count). The fourth-order valence-corrected chi connectivity index (χ4v) is 1.41. The van der Waals surface area contributed by atoms with Crippen molar-refractivity contribution in [2.75, 3.05) is 13.1 Å². The van der Waals surface area contributed by atoms with Gasteiger partial charge < -0.3 is 17.2 Å². The smallest absolute Gasteiger partial charge is 0.0422 e. The van der Waals surface area contributed by atoms with E-state index in [0.29, 0.717) is 13.1 Å². The van der Waals surface area contributed by atoms with E-state index >= 15 is 0 Å². The fourth-order valence-electron chi connectivity index (χ4n) is 1.41. The van der Waals surface area contributed by atoms with Crippen LogP contribution in [0.4, 0.5) is 0 Å². The highest BCUT2D eigenvalue weighted by Gasteiger charge is 2.07. The molecular formula is C10H17N3. The van der Waals surface area contributed by atoms with Crippen LogP contribution in [0.3, 0.4) is 0 Å². The lowest BCUT2D eigenvalue weighted by Crippen LogP contribution is -2.22. The molecule has 0 bridgehead atoms. The number of rotatable bonds is 4. The monoisotopic (exact) mass is 179 g/mol. The topological polar surface area (TPSA) is 78.1 Å². The Morgan fingerprint density at radius 3 is 2.46 bits per heavy atom. The van der Waals surface area contributed by atoms with E-state index in [1.807, 2.05) is 18.2 Å². The van der Waals surface area contributed by atoms with Crippen molar-refractivity contribution in [3.05, 3.63) is 35.4 Å². The van der Waals surface area contributed by atoms with Crippen LogP contribution >= 0.6 is 0 Å². The lowest BCUT2D eigenvalue weighted by atomic mass is 9.99. The Balaban J connectivity index is 2.90. The molecule has 1 atom stereocenters. The van der Waals surface area contributed by atoms with Crippen molar-refractivity contribution in [1.29, 1.82) is 0 Å². The van der Waals surface area contributed by atoms with Gasteiger partial charge in [0.15, 0.2) is 0 Å². The maximum absolute atomic E-state index is 5.86. The second kappa shape index (κ2) is 4.97. The highest BCUT2D eigenvalue weighted by molar-refractivity contribution is 5.30.